The van der Waals surface area contributed by atoms with Gasteiger partial charge in [-0.3, -0.25) is 11.5 Å². The van der Waals surface area contributed by atoms with Crippen LogP contribution in [0.5, 0.6) is 0 Å². The number of hydrogen-bond donors (Lipinski definition) is 3. The van der Waals surface area contributed by atoms with Crippen LogP contribution < -0.4 is 17.2 Å². The van der Waals surface area contributed by atoms with Crippen LogP contribution in [0.4, 0.5) is 0 Å². The molecule has 0 atom stereocenters. The molecule has 0 aromatic heterocycles. The van der Waals surface area contributed by atoms with Gasteiger partial charge in [0.2, 0.25) is 0 Å². The van der Waals surface area contributed by atoms with Crippen LogP contribution in [0.2, 0.25) is 0 Å². The van der Waals surface area contributed by atoms with Gasteiger partial charge in [0.1, 0.15) is 5.84 Å². The first-order valence-corrected chi connectivity index (χ1v) is 3.17. The summed E-state index contributed by atoms with van der Waals surface area (Å²) < 4.78 is 0. The molecule has 0 aliphatic heterocycles. The molecule has 0 bridgehead atoms. The van der Waals surface area contributed by atoms with Crippen LogP contribution in [-0.2, 0) is 0 Å². The van der Waals surface area contributed by atoms with Crippen molar-refractivity contribution in [2.75, 3.05) is 0 Å². The molecule has 0 spiro atoms. The van der Waals surface area contributed by atoms with Crippen molar-refractivity contribution >= 4 is 5.84 Å². The lowest BCUT2D eigenvalue weighted by atomic mass is 10.4. The Morgan fingerprint density at radius 1 is 1.60 bits per heavy atom. The maximum atomic E-state index is 5.36. The Hall–Kier alpha value is -0.870. The maximum Gasteiger partial charge on any atom is 0.150 e. The van der Waals surface area contributed by atoms with Crippen molar-refractivity contribution < 1.29 is 0 Å². The van der Waals surface area contributed by atoms with Gasteiger partial charge in [-0.2, -0.15) is 0 Å². The van der Waals surface area contributed by atoms with Gasteiger partial charge >= 0.3 is 0 Å². The molecule has 0 heterocycles. The minimum absolute atomic E-state index is 0.372. The van der Waals surface area contributed by atoms with Crippen molar-refractivity contribution in [3.63, 3.8) is 0 Å². The number of nitrogens with zero attached hydrogens (tertiary/aromatic N) is 1. The average Bonchev–Trinajstić information content (AvgIpc) is 1.82. The Morgan fingerprint density at radius 2 is 2.20 bits per heavy atom. The van der Waals surface area contributed by atoms with Crippen LogP contribution in [0.1, 0.15) is 13.3 Å². The largest absolute Gasteiger partial charge is 0.384 e. The quantitative estimate of drug-likeness (QED) is 0.282. The molecule has 0 aromatic carbocycles. The molecular weight excluding hydrogens is 128 g/mol. The van der Waals surface area contributed by atoms with Crippen molar-refractivity contribution in [2.24, 2.45) is 22.2 Å². The summed E-state index contributed by atoms with van der Waals surface area (Å²) in [6.45, 7) is 2.01. The minimum atomic E-state index is -0.707. The topological polar surface area (TPSA) is 90.4 Å². The SMILES string of the molecule is CC/C=C\C(N)=N/C(N)N. The third-order valence-corrected chi connectivity index (χ3v) is 0.822. The van der Waals surface area contributed by atoms with Crippen LogP contribution in [0, 0.1) is 0 Å². The van der Waals surface area contributed by atoms with Crippen molar-refractivity contribution in [1.29, 1.82) is 0 Å². The van der Waals surface area contributed by atoms with Gasteiger partial charge in [0.05, 0.1) is 0 Å². The summed E-state index contributed by atoms with van der Waals surface area (Å²) in [5.41, 5.74) is 15.6. The highest BCUT2D eigenvalue weighted by atomic mass is 15.1. The summed E-state index contributed by atoms with van der Waals surface area (Å²) in [5.74, 6) is 0.372. The van der Waals surface area contributed by atoms with E-state index in [4.69, 9.17) is 17.2 Å². The van der Waals surface area contributed by atoms with Crippen LogP contribution in [0.25, 0.3) is 0 Å². The number of nitrogens with two attached hydrogens (primary N) is 3. The highest BCUT2D eigenvalue weighted by molar-refractivity contribution is 5.91. The van der Waals surface area contributed by atoms with Crippen molar-refractivity contribution in [3.8, 4) is 0 Å². The Labute approximate surface area is 60.8 Å². The monoisotopic (exact) mass is 142 g/mol. The number of allylic oxidation sites excluding steroid dienone is 1. The lowest BCUT2D eigenvalue weighted by Gasteiger charge is -1.96. The Balaban J connectivity index is 3.82. The summed E-state index contributed by atoms with van der Waals surface area (Å²) in [6.07, 6.45) is 3.80. The Bertz CT molecular complexity index is 137. The molecular formula is C6H14N4. The molecule has 58 valence electrons. The molecule has 6 N–H and O–H groups in total. The lowest BCUT2D eigenvalue weighted by Crippen LogP contribution is -2.30. The fourth-order valence-electron chi connectivity index (χ4n) is 0.454. The van der Waals surface area contributed by atoms with Gasteiger partial charge in [0.15, 0.2) is 6.29 Å². The molecule has 10 heavy (non-hydrogen) atoms. The van der Waals surface area contributed by atoms with E-state index in [-0.39, 0.29) is 0 Å². The first kappa shape index (κ1) is 9.13. The Kier molecular flexibility index (Phi) is 4.53. The van der Waals surface area contributed by atoms with E-state index in [1.54, 1.807) is 6.08 Å². The summed E-state index contributed by atoms with van der Waals surface area (Å²) in [7, 11) is 0. The van der Waals surface area contributed by atoms with E-state index < -0.39 is 6.29 Å². The maximum absolute atomic E-state index is 5.36. The van der Waals surface area contributed by atoms with Crippen LogP contribution in [-0.4, -0.2) is 12.1 Å². The predicted octanol–water partition coefficient (Wildman–Crippen LogP) is -0.489. The fraction of sp³-hybridized carbons (Fsp3) is 0.500. The fourth-order valence-corrected chi connectivity index (χ4v) is 0.454. The van der Waals surface area contributed by atoms with E-state index >= 15 is 0 Å². The number of hydrogen-bond acceptors (Lipinski definition) is 3. The van der Waals surface area contributed by atoms with Gasteiger partial charge in [0, 0.05) is 0 Å². The molecule has 0 aromatic rings. The lowest BCUT2D eigenvalue weighted by molar-refractivity contribution is 0.752. The number of amidine groups is 1. The van der Waals surface area contributed by atoms with E-state index in [1.165, 1.54) is 0 Å². The average molecular weight is 142 g/mol. The zero-order chi connectivity index (χ0) is 7.98. The van der Waals surface area contributed by atoms with Gasteiger partial charge in [-0.15, -0.1) is 0 Å². The zero-order valence-electron chi connectivity index (χ0n) is 6.12. The van der Waals surface area contributed by atoms with Crippen LogP contribution in [0.15, 0.2) is 17.1 Å². The molecule has 0 aliphatic carbocycles. The van der Waals surface area contributed by atoms with Gasteiger partial charge < -0.3 is 5.73 Å². The molecule has 0 rings (SSSR count). The van der Waals surface area contributed by atoms with Crippen molar-refractivity contribution in [2.45, 2.75) is 19.6 Å². The molecule has 0 saturated heterocycles. The summed E-state index contributed by atoms with van der Waals surface area (Å²) in [6, 6.07) is 0. The minimum Gasteiger partial charge on any atom is -0.384 e. The zero-order valence-corrected chi connectivity index (χ0v) is 6.12. The third-order valence-electron chi connectivity index (χ3n) is 0.822. The van der Waals surface area contributed by atoms with Gasteiger partial charge in [-0.1, -0.05) is 13.0 Å². The summed E-state index contributed by atoms with van der Waals surface area (Å²) in [4.78, 5) is 3.68. The summed E-state index contributed by atoms with van der Waals surface area (Å²) in [5, 5.41) is 0. The first-order chi connectivity index (χ1) is 4.66. The summed E-state index contributed by atoms with van der Waals surface area (Å²) >= 11 is 0. The first-order valence-electron chi connectivity index (χ1n) is 3.17. The highest BCUT2D eigenvalue weighted by Crippen LogP contribution is 1.80. The van der Waals surface area contributed by atoms with Crippen molar-refractivity contribution in [3.05, 3.63) is 12.2 Å². The second-order valence-corrected chi connectivity index (χ2v) is 1.86. The van der Waals surface area contributed by atoms with E-state index in [1.807, 2.05) is 13.0 Å². The second kappa shape index (κ2) is 4.96. The van der Waals surface area contributed by atoms with E-state index in [0.29, 0.717) is 5.84 Å². The normalized spacial score (nSPS) is 13.4. The molecule has 0 fully saturated rings. The predicted molar refractivity (Wildman–Crippen MR) is 43.2 cm³/mol. The molecule has 0 amide bonds. The van der Waals surface area contributed by atoms with E-state index in [0.717, 1.165) is 6.42 Å². The van der Waals surface area contributed by atoms with E-state index in [2.05, 4.69) is 4.99 Å². The third kappa shape index (κ3) is 5.27. The molecule has 0 saturated carbocycles. The molecule has 0 aliphatic rings. The van der Waals surface area contributed by atoms with Crippen LogP contribution >= 0.6 is 0 Å². The number of rotatable bonds is 3. The highest BCUT2D eigenvalue weighted by Gasteiger charge is 1.86. The molecule has 4 heteroatoms. The standard InChI is InChI=1S/C6H14N4/c1-2-3-4-5(7)10-6(8)9/h3-4,6H,2,8-9H2,1H3,(H2,7,10)/b4-3-. The van der Waals surface area contributed by atoms with Gasteiger partial charge in [-0.25, -0.2) is 4.99 Å². The smallest absolute Gasteiger partial charge is 0.150 e. The second-order valence-electron chi connectivity index (χ2n) is 1.86. The molecule has 0 unspecified atom stereocenters. The molecule has 0 radical (unpaired) electrons. The Morgan fingerprint density at radius 3 is 2.60 bits per heavy atom. The molecule has 4 nitrogen and oxygen atoms in total. The van der Waals surface area contributed by atoms with Gasteiger partial charge in [-0.05, 0) is 12.5 Å². The van der Waals surface area contributed by atoms with Crippen molar-refractivity contribution in [1.82, 2.24) is 0 Å². The van der Waals surface area contributed by atoms with E-state index in [9.17, 15) is 0 Å². The number of aliphatic imine (C=N–C) groups is 1. The van der Waals surface area contributed by atoms with Crippen LogP contribution in [0.3, 0.4) is 0 Å². The van der Waals surface area contributed by atoms with Gasteiger partial charge in [0.25, 0.3) is 0 Å².